The maximum Gasteiger partial charge on any atom is 0.336 e. The summed E-state index contributed by atoms with van der Waals surface area (Å²) in [6.07, 6.45) is -0.784. The van der Waals surface area contributed by atoms with E-state index in [1.54, 1.807) is 48.5 Å². The van der Waals surface area contributed by atoms with Crippen molar-refractivity contribution < 1.29 is 34.0 Å². The van der Waals surface area contributed by atoms with Crippen molar-refractivity contribution in [1.29, 1.82) is 0 Å². The minimum atomic E-state index is -0.979. The van der Waals surface area contributed by atoms with E-state index in [1.807, 2.05) is 78.9 Å². The Morgan fingerprint density at radius 3 is 2.21 bits per heavy atom. The van der Waals surface area contributed by atoms with Crippen molar-refractivity contribution in [2.45, 2.75) is 36.4 Å². The minimum Gasteiger partial charge on any atom is -0.478 e. The number of hydrogen-bond donors (Lipinski definition) is 4. The smallest absolute Gasteiger partial charge is 0.336 e. The van der Waals surface area contributed by atoms with Crippen LogP contribution >= 0.6 is 11.8 Å². The molecule has 6 rings (SSSR count). The summed E-state index contributed by atoms with van der Waals surface area (Å²) in [7, 11) is 0. The first-order chi connectivity index (χ1) is 23.4. The van der Waals surface area contributed by atoms with Crippen LogP contribution in [0.25, 0.3) is 0 Å². The lowest BCUT2D eigenvalue weighted by atomic mass is 10.0. The zero-order valence-corrected chi connectivity index (χ0v) is 26.6. The summed E-state index contributed by atoms with van der Waals surface area (Å²) < 4.78 is 18.7. The number of benzene rings is 5. The van der Waals surface area contributed by atoms with Gasteiger partial charge < -0.3 is 35.1 Å². The number of para-hydroxylation sites is 1. The van der Waals surface area contributed by atoms with Crippen LogP contribution in [0.2, 0.25) is 0 Å². The first-order valence-corrected chi connectivity index (χ1v) is 16.4. The molecule has 0 spiro atoms. The van der Waals surface area contributed by atoms with Crippen molar-refractivity contribution in [2.75, 3.05) is 16.4 Å². The summed E-state index contributed by atoms with van der Waals surface area (Å²) >= 11 is 1.43. The number of aromatic carboxylic acids is 1. The summed E-state index contributed by atoms with van der Waals surface area (Å²) in [5, 5.41) is 24.9. The van der Waals surface area contributed by atoms with Crippen LogP contribution in [0.3, 0.4) is 0 Å². The number of nitrogens with one attached hydrogen (secondary N) is 2. The molecule has 48 heavy (non-hydrogen) atoms. The van der Waals surface area contributed by atoms with Crippen molar-refractivity contribution in [3.05, 3.63) is 150 Å². The van der Waals surface area contributed by atoms with Crippen molar-refractivity contribution in [1.82, 2.24) is 0 Å². The van der Waals surface area contributed by atoms with Gasteiger partial charge in [-0.05, 0) is 71.8 Å². The molecule has 0 radical (unpaired) electrons. The third-order valence-electron chi connectivity index (χ3n) is 7.66. The van der Waals surface area contributed by atoms with Gasteiger partial charge in [0, 0.05) is 34.0 Å². The molecule has 1 saturated heterocycles. The molecule has 1 aliphatic rings. The molecule has 0 bridgehead atoms. The monoisotopic (exact) mass is 662 g/mol. The minimum absolute atomic E-state index is 0.0544. The van der Waals surface area contributed by atoms with Crippen molar-refractivity contribution in [3.63, 3.8) is 0 Å². The van der Waals surface area contributed by atoms with Gasteiger partial charge in [0.2, 0.25) is 0 Å². The largest absolute Gasteiger partial charge is 0.478 e. The van der Waals surface area contributed by atoms with Crippen LogP contribution in [0, 0.1) is 0 Å². The number of carboxylic acids is 1. The number of aliphatic hydroxyl groups excluding tert-OH is 1. The van der Waals surface area contributed by atoms with Gasteiger partial charge in [0.15, 0.2) is 6.29 Å². The van der Waals surface area contributed by atoms with Crippen molar-refractivity contribution >= 4 is 35.1 Å². The molecule has 1 aliphatic heterocycles. The molecule has 4 N–H and O–H groups in total. The molecule has 1 fully saturated rings. The topological polar surface area (TPSA) is 126 Å². The van der Waals surface area contributed by atoms with Gasteiger partial charge >= 0.3 is 12.0 Å². The Balaban J connectivity index is 1.13. The quantitative estimate of drug-likeness (QED) is 0.104. The average molecular weight is 663 g/mol. The molecular formula is C38H34N2O7S. The van der Waals surface area contributed by atoms with Gasteiger partial charge in [0.05, 0.1) is 24.4 Å². The average Bonchev–Trinajstić information content (AvgIpc) is 3.12. The van der Waals surface area contributed by atoms with Gasteiger partial charge in [-0.15, -0.1) is 11.8 Å². The number of hydrogen-bond acceptors (Lipinski definition) is 7. The van der Waals surface area contributed by atoms with Gasteiger partial charge in [-0.3, -0.25) is 0 Å². The van der Waals surface area contributed by atoms with E-state index in [-0.39, 0.29) is 24.4 Å². The number of ether oxygens (including phenoxy) is 3. The highest BCUT2D eigenvalue weighted by atomic mass is 32.2. The molecule has 0 aromatic heterocycles. The predicted molar refractivity (Wildman–Crippen MR) is 185 cm³/mol. The number of carbonyl (C=O) groups is 2. The van der Waals surface area contributed by atoms with E-state index in [0.29, 0.717) is 39.8 Å². The fourth-order valence-electron chi connectivity index (χ4n) is 5.26. The number of carbonyl (C=O) groups excluding carboxylic acids is 1. The van der Waals surface area contributed by atoms with Crippen LogP contribution in [0.15, 0.2) is 132 Å². The summed E-state index contributed by atoms with van der Waals surface area (Å²) in [5.41, 5.74) is 3.85. The third-order valence-corrected chi connectivity index (χ3v) is 8.87. The van der Waals surface area contributed by atoms with E-state index in [4.69, 9.17) is 14.2 Å². The SMILES string of the molecule is O=C(Nc1ccc(Oc2ccccc2)cc1)Nc1cccc(C2OC(CSc3ccccc3C(=O)O)CC(c3ccc(CO)cc3)O2)c1. The molecule has 0 aliphatic carbocycles. The number of aliphatic hydroxyl groups is 1. The predicted octanol–water partition coefficient (Wildman–Crippen LogP) is 8.65. The lowest BCUT2D eigenvalue weighted by Gasteiger charge is -2.36. The summed E-state index contributed by atoms with van der Waals surface area (Å²) in [4.78, 5) is 25.3. The lowest BCUT2D eigenvalue weighted by molar-refractivity contribution is -0.245. The highest BCUT2D eigenvalue weighted by Crippen LogP contribution is 2.40. The molecule has 10 heteroatoms. The van der Waals surface area contributed by atoms with Gasteiger partial charge in [-0.2, -0.15) is 0 Å². The summed E-state index contributed by atoms with van der Waals surface area (Å²) in [6, 6.07) is 37.9. The highest BCUT2D eigenvalue weighted by Gasteiger charge is 2.32. The standard InChI is InChI=1S/C38H34N2O7S/c41-23-25-13-15-26(16-14-25)34-22-32(24-48-35-12-5-4-11-33(35)36(42)43)46-37(47-34)27-7-6-8-29(21-27)40-38(44)39-28-17-19-31(20-18-28)45-30-9-2-1-3-10-30/h1-21,32,34,37,41H,22-24H2,(H,42,43)(H2,39,40,44). The number of thioether (sulfide) groups is 1. The molecule has 5 aromatic carbocycles. The fourth-order valence-corrected chi connectivity index (χ4v) is 6.33. The third kappa shape index (κ3) is 8.61. The second-order valence-electron chi connectivity index (χ2n) is 11.1. The first kappa shape index (κ1) is 32.8. The number of amides is 2. The first-order valence-electron chi connectivity index (χ1n) is 15.4. The Kier molecular flexibility index (Phi) is 10.7. The van der Waals surface area contributed by atoms with Crippen LogP contribution in [-0.4, -0.2) is 34.1 Å². The van der Waals surface area contributed by atoms with Crippen molar-refractivity contribution in [2.24, 2.45) is 0 Å². The second-order valence-corrected chi connectivity index (χ2v) is 12.2. The van der Waals surface area contributed by atoms with Crippen LogP contribution in [0.1, 0.15) is 45.9 Å². The Hall–Kier alpha value is -5.13. The second kappa shape index (κ2) is 15.6. The van der Waals surface area contributed by atoms with E-state index in [0.717, 1.165) is 16.9 Å². The van der Waals surface area contributed by atoms with E-state index in [1.165, 1.54) is 11.8 Å². The van der Waals surface area contributed by atoms with Crippen LogP contribution < -0.4 is 15.4 Å². The maximum absolute atomic E-state index is 12.9. The van der Waals surface area contributed by atoms with Gasteiger partial charge in [0.1, 0.15) is 11.5 Å². The Bertz CT molecular complexity index is 1830. The van der Waals surface area contributed by atoms with E-state index in [9.17, 15) is 19.8 Å². The molecule has 3 atom stereocenters. The fraction of sp³-hybridized carbons (Fsp3) is 0.158. The molecule has 5 aromatic rings. The normalized spacial score (nSPS) is 17.3. The van der Waals surface area contributed by atoms with E-state index < -0.39 is 18.3 Å². The molecule has 0 saturated carbocycles. The number of urea groups is 1. The molecule has 244 valence electrons. The van der Waals surface area contributed by atoms with Crippen LogP contribution in [0.4, 0.5) is 16.2 Å². The number of carboxylic acid groups (broad SMARTS) is 1. The molecule has 2 amide bonds. The van der Waals surface area contributed by atoms with Gasteiger partial charge in [-0.1, -0.05) is 66.7 Å². The molecule has 3 unspecified atom stereocenters. The van der Waals surface area contributed by atoms with Crippen molar-refractivity contribution in [3.8, 4) is 11.5 Å². The zero-order valence-electron chi connectivity index (χ0n) is 25.8. The van der Waals surface area contributed by atoms with E-state index in [2.05, 4.69) is 10.6 Å². The summed E-state index contributed by atoms with van der Waals surface area (Å²) in [6.45, 7) is -0.0544. The molecule has 9 nitrogen and oxygen atoms in total. The Morgan fingerprint density at radius 2 is 1.46 bits per heavy atom. The highest BCUT2D eigenvalue weighted by molar-refractivity contribution is 7.99. The van der Waals surface area contributed by atoms with Gasteiger partial charge in [-0.25, -0.2) is 9.59 Å². The van der Waals surface area contributed by atoms with Crippen LogP contribution in [0.5, 0.6) is 11.5 Å². The molecule has 1 heterocycles. The molecular weight excluding hydrogens is 628 g/mol. The van der Waals surface area contributed by atoms with E-state index >= 15 is 0 Å². The number of rotatable bonds is 11. The lowest BCUT2D eigenvalue weighted by Crippen LogP contribution is -2.31. The number of anilines is 2. The Morgan fingerprint density at radius 1 is 0.750 bits per heavy atom. The van der Waals surface area contributed by atoms with Crippen LogP contribution in [-0.2, 0) is 16.1 Å². The zero-order chi connectivity index (χ0) is 33.3. The van der Waals surface area contributed by atoms with Gasteiger partial charge in [0.25, 0.3) is 0 Å². The maximum atomic E-state index is 12.9. The Labute approximate surface area is 282 Å². The summed E-state index contributed by atoms with van der Waals surface area (Å²) in [5.74, 6) is 0.900.